The predicted octanol–water partition coefficient (Wildman–Crippen LogP) is 4.82. The number of ether oxygens (including phenoxy) is 2. The van der Waals surface area contributed by atoms with Gasteiger partial charge in [-0.05, 0) is 57.5 Å². The zero-order valence-corrected chi connectivity index (χ0v) is 21.5. The molecule has 0 saturated carbocycles. The molecule has 4 rings (SSSR count). The van der Waals surface area contributed by atoms with Crippen LogP contribution in [-0.2, 0) is 10.9 Å². The summed E-state index contributed by atoms with van der Waals surface area (Å²) >= 11 is 0. The maximum atomic E-state index is 15.3. The molecule has 1 fully saturated rings. The number of hydrogen-bond acceptors (Lipinski definition) is 6. The second kappa shape index (κ2) is 10.2. The molecule has 2 aromatic carbocycles. The summed E-state index contributed by atoms with van der Waals surface area (Å²) in [6.07, 6.45) is -5.14. The molecule has 1 amide bonds. The second-order valence-electron chi connectivity index (χ2n) is 9.47. The van der Waals surface area contributed by atoms with Crippen LogP contribution in [0.25, 0.3) is 10.9 Å². The zero-order valence-electron chi connectivity index (χ0n) is 21.5. The molecule has 1 aromatic heterocycles. The van der Waals surface area contributed by atoms with E-state index in [9.17, 15) is 22.8 Å². The molecule has 1 saturated heterocycles. The Balaban J connectivity index is 1.71. The van der Waals surface area contributed by atoms with E-state index in [4.69, 9.17) is 9.47 Å². The van der Waals surface area contributed by atoms with Crippen molar-refractivity contribution in [2.45, 2.75) is 52.1 Å². The summed E-state index contributed by atoms with van der Waals surface area (Å²) in [7, 11) is 1.27. The first-order valence-electron chi connectivity index (χ1n) is 12.0. The van der Waals surface area contributed by atoms with E-state index < -0.39 is 35.1 Å². The van der Waals surface area contributed by atoms with Gasteiger partial charge in [-0.3, -0.25) is 9.59 Å². The van der Waals surface area contributed by atoms with Crippen LogP contribution in [-0.4, -0.2) is 53.2 Å². The molecular formula is C26H28F4N4O4. The number of morpholine rings is 1. The Labute approximate surface area is 216 Å². The Morgan fingerprint density at radius 1 is 1.21 bits per heavy atom. The van der Waals surface area contributed by atoms with E-state index in [0.29, 0.717) is 13.1 Å². The number of aromatic nitrogens is 2. The van der Waals surface area contributed by atoms with E-state index in [1.807, 2.05) is 13.8 Å². The molecule has 1 aliphatic rings. The molecule has 0 unspecified atom stereocenters. The standard InChI is InChI=1S/C26H28F4N4O4/c1-12-10-34(11-13(2)38-12)25(36)16-6-20(27)23(22(7-16)37-5)31-14(3)17-8-18-21(9-19(17)26(28,29)30)32-15(4)33-24(18)35/h6-9,12-14,31H,10-11H2,1-5H3,(H,32,33,35)/t12-,13+,14-/m0/s1. The molecule has 3 aromatic rings. The molecular weight excluding hydrogens is 508 g/mol. The number of aryl methyl sites for hydroxylation is 1. The van der Waals surface area contributed by atoms with Crippen LogP contribution < -0.4 is 15.6 Å². The highest BCUT2D eigenvalue weighted by molar-refractivity contribution is 5.95. The number of benzene rings is 2. The van der Waals surface area contributed by atoms with Crippen LogP contribution in [0.2, 0.25) is 0 Å². The summed E-state index contributed by atoms with van der Waals surface area (Å²) in [5.74, 6) is -1.17. The predicted molar refractivity (Wildman–Crippen MR) is 133 cm³/mol. The lowest BCUT2D eigenvalue weighted by Gasteiger charge is -2.35. The average molecular weight is 537 g/mol. The van der Waals surface area contributed by atoms with E-state index in [2.05, 4.69) is 15.3 Å². The van der Waals surface area contributed by atoms with Crippen molar-refractivity contribution in [1.29, 1.82) is 0 Å². The minimum atomic E-state index is -4.76. The first-order chi connectivity index (χ1) is 17.8. The maximum absolute atomic E-state index is 15.3. The highest BCUT2D eigenvalue weighted by Crippen LogP contribution is 2.39. The number of halogens is 4. The van der Waals surface area contributed by atoms with Crippen molar-refractivity contribution in [3.05, 3.63) is 63.0 Å². The summed E-state index contributed by atoms with van der Waals surface area (Å²) in [4.78, 5) is 33.5. The van der Waals surface area contributed by atoms with Gasteiger partial charge in [-0.1, -0.05) is 0 Å². The number of anilines is 1. The van der Waals surface area contributed by atoms with Crippen molar-refractivity contribution in [2.75, 3.05) is 25.5 Å². The van der Waals surface area contributed by atoms with Crippen molar-refractivity contribution in [2.24, 2.45) is 0 Å². The molecule has 38 heavy (non-hydrogen) atoms. The van der Waals surface area contributed by atoms with Crippen LogP contribution in [0.15, 0.2) is 29.1 Å². The van der Waals surface area contributed by atoms with Gasteiger partial charge in [0.1, 0.15) is 17.3 Å². The largest absolute Gasteiger partial charge is 0.494 e. The lowest BCUT2D eigenvalue weighted by Crippen LogP contribution is -2.48. The molecule has 12 heteroatoms. The van der Waals surface area contributed by atoms with Crippen molar-refractivity contribution in [1.82, 2.24) is 14.9 Å². The molecule has 0 bridgehead atoms. The monoisotopic (exact) mass is 536 g/mol. The van der Waals surface area contributed by atoms with Crippen molar-refractivity contribution >= 4 is 22.5 Å². The molecule has 3 atom stereocenters. The Morgan fingerprint density at radius 2 is 1.87 bits per heavy atom. The second-order valence-corrected chi connectivity index (χ2v) is 9.47. The molecule has 0 radical (unpaired) electrons. The molecule has 2 N–H and O–H groups in total. The van der Waals surface area contributed by atoms with E-state index in [0.717, 1.165) is 18.2 Å². The maximum Gasteiger partial charge on any atom is 0.416 e. The number of aromatic amines is 1. The number of rotatable bonds is 5. The van der Waals surface area contributed by atoms with E-state index in [1.54, 1.807) is 4.90 Å². The summed E-state index contributed by atoms with van der Waals surface area (Å²) in [5, 5.41) is 2.70. The Morgan fingerprint density at radius 3 is 2.47 bits per heavy atom. The van der Waals surface area contributed by atoms with Gasteiger partial charge >= 0.3 is 6.18 Å². The van der Waals surface area contributed by atoms with E-state index >= 15 is 4.39 Å². The Kier molecular flexibility index (Phi) is 7.37. The SMILES string of the molecule is COc1cc(C(=O)N2C[C@@H](C)O[C@@H](C)C2)cc(F)c1N[C@@H](C)c1cc2c(=O)[nH]c(C)nc2cc1C(F)(F)F. The summed E-state index contributed by atoms with van der Waals surface area (Å²) in [6, 6.07) is 3.16. The van der Waals surface area contributed by atoms with Crippen LogP contribution in [0.5, 0.6) is 5.75 Å². The first kappa shape index (κ1) is 27.4. The Bertz CT molecular complexity index is 1430. The number of amides is 1. The minimum Gasteiger partial charge on any atom is -0.494 e. The van der Waals surface area contributed by atoms with Gasteiger partial charge in [0.15, 0.2) is 5.82 Å². The highest BCUT2D eigenvalue weighted by Gasteiger charge is 2.36. The number of fused-ring (bicyclic) bond motifs is 1. The third-order valence-electron chi connectivity index (χ3n) is 6.36. The van der Waals surface area contributed by atoms with Crippen LogP contribution in [0, 0.1) is 12.7 Å². The van der Waals surface area contributed by atoms with Crippen molar-refractivity contribution in [3.8, 4) is 5.75 Å². The summed E-state index contributed by atoms with van der Waals surface area (Å²) < 4.78 is 68.2. The smallest absolute Gasteiger partial charge is 0.416 e. The van der Waals surface area contributed by atoms with Crippen LogP contribution >= 0.6 is 0 Å². The van der Waals surface area contributed by atoms with Gasteiger partial charge in [0.2, 0.25) is 0 Å². The Hall–Kier alpha value is -3.67. The van der Waals surface area contributed by atoms with Gasteiger partial charge in [0, 0.05) is 24.7 Å². The topological polar surface area (TPSA) is 96.5 Å². The van der Waals surface area contributed by atoms with Gasteiger partial charge in [0.25, 0.3) is 11.5 Å². The third kappa shape index (κ3) is 5.45. The fourth-order valence-electron chi connectivity index (χ4n) is 4.75. The molecule has 204 valence electrons. The molecule has 1 aliphatic heterocycles. The number of carbonyl (C=O) groups excluding carboxylic acids is 1. The van der Waals surface area contributed by atoms with Crippen LogP contribution in [0.1, 0.15) is 54.1 Å². The minimum absolute atomic E-state index is 0.0328. The number of methoxy groups -OCH3 is 1. The van der Waals surface area contributed by atoms with Gasteiger partial charge < -0.3 is 24.7 Å². The van der Waals surface area contributed by atoms with Crippen LogP contribution in [0.3, 0.4) is 0 Å². The first-order valence-corrected chi connectivity index (χ1v) is 12.0. The fourth-order valence-corrected chi connectivity index (χ4v) is 4.75. The lowest BCUT2D eigenvalue weighted by molar-refractivity contribution is -0.138. The summed E-state index contributed by atoms with van der Waals surface area (Å²) in [6.45, 7) is 7.20. The van der Waals surface area contributed by atoms with Gasteiger partial charge in [-0.25, -0.2) is 9.37 Å². The van der Waals surface area contributed by atoms with Crippen molar-refractivity contribution < 1.29 is 31.8 Å². The van der Waals surface area contributed by atoms with Gasteiger partial charge in [0.05, 0.1) is 35.8 Å². The zero-order chi connectivity index (χ0) is 27.9. The van der Waals surface area contributed by atoms with Crippen molar-refractivity contribution in [3.63, 3.8) is 0 Å². The number of nitrogens with one attached hydrogen (secondary N) is 2. The number of carbonyl (C=O) groups is 1. The molecule has 0 aliphatic carbocycles. The third-order valence-corrected chi connectivity index (χ3v) is 6.36. The molecule has 8 nitrogen and oxygen atoms in total. The fraction of sp³-hybridized carbons (Fsp3) is 0.423. The van der Waals surface area contributed by atoms with Gasteiger partial charge in [-0.15, -0.1) is 0 Å². The number of nitrogens with zero attached hydrogens (tertiary/aromatic N) is 2. The highest BCUT2D eigenvalue weighted by atomic mass is 19.4. The number of H-pyrrole nitrogens is 1. The molecule has 0 spiro atoms. The average Bonchev–Trinajstić information content (AvgIpc) is 2.82. The van der Waals surface area contributed by atoms with Crippen LogP contribution in [0.4, 0.5) is 23.2 Å². The quantitative estimate of drug-likeness (QED) is 0.454. The molecule has 2 heterocycles. The van der Waals surface area contributed by atoms with E-state index in [-0.39, 0.29) is 51.5 Å². The van der Waals surface area contributed by atoms with Gasteiger partial charge in [-0.2, -0.15) is 13.2 Å². The lowest BCUT2D eigenvalue weighted by atomic mass is 9.98. The number of alkyl halides is 3. The van der Waals surface area contributed by atoms with E-state index in [1.165, 1.54) is 27.0 Å². The summed E-state index contributed by atoms with van der Waals surface area (Å²) in [5.41, 5.74) is -2.16. The number of hydrogen-bond donors (Lipinski definition) is 2. The normalized spacial score (nSPS) is 18.9.